The van der Waals surface area contributed by atoms with Gasteiger partial charge in [0.15, 0.2) is 0 Å². The van der Waals surface area contributed by atoms with E-state index < -0.39 is 5.60 Å². The van der Waals surface area contributed by atoms with Crippen LogP contribution in [0.15, 0.2) is 18.2 Å². The van der Waals surface area contributed by atoms with E-state index >= 15 is 0 Å². The maximum Gasteiger partial charge on any atom is 0.407 e. The number of carbonyl (C=O) groups is 1. The van der Waals surface area contributed by atoms with Gasteiger partial charge >= 0.3 is 6.09 Å². The number of fused-ring (bicyclic) bond motifs is 1. The van der Waals surface area contributed by atoms with Gasteiger partial charge in [0.25, 0.3) is 0 Å². The van der Waals surface area contributed by atoms with Crippen molar-refractivity contribution < 1.29 is 9.53 Å². The molecule has 2 rings (SSSR count). The van der Waals surface area contributed by atoms with Crippen LogP contribution in [0.25, 0.3) is 0 Å². The molecule has 0 saturated carbocycles. The Morgan fingerprint density at radius 3 is 2.89 bits per heavy atom. The lowest BCUT2D eigenvalue weighted by atomic mass is 10.0. The van der Waals surface area contributed by atoms with E-state index in [0.717, 1.165) is 18.7 Å². The van der Waals surface area contributed by atoms with Crippen LogP contribution in [0.1, 0.15) is 37.5 Å². The fourth-order valence-corrected chi connectivity index (χ4v) is 2.05. The number of carbonyl (C=O) groups excluding carboxylic acids is 1. The second-order valence-electron chi connectivity index (χ2n) is 5.51. The summed E-state index contributed by atoms with van der Waals surface area (Å²) < 4.78 is 5.21. The van der Waals surface area contributed by atoms with Gasteiger partial charge in [0.05, 0.1) is 0 Å². The van der Waals surface area contributed by atoms with Crippen LogP contribution in [0.4, 0.5) is 4.79 Å². The quantitative estimate of drug-likeness (QED) is 0.844. The molecule has 0 radical (unpaired) electrons. The molecule has 98 valence electrons. The Bertz CT molecular complexity index is 450. The van der Waals surface area contributed by atoms with Crippen molar-refractivity contribution in [1.29, 1.82) is 0 Å². The van der Waals surface area contributed by atoms with Gasteiger partial charge in [0.1, 0.15) is 5.60 Å². The van der Waals surface area contributed by atoms with E-state index in [-0.39, 0.29) is 6.09 Å². The molecular formula is C14H20N2O2. The number of alkyl carbamates (subject to hydrolysis) is 1. The largest absolute Gasteiger partial charge is 0.444 e. The monoisotopic (exact) mass is 248 g/mol. The van der Waals surface area contributed by atoms with Crippen LogP contribution >= 0.6 is 0 Å². The lowest BCUT2D eigenvalue weighted by molar-refractivity contribution is 0.0523. The standard InChI is InChI=1S/C14H20N2O2/c1-14(2,3)18-13(17)16-8-11-6-4-5-10-7-15-9-12(10)11/h4-6,15H,7-9H2,1-3H3,(H,16,17). The van der Waals surface area contributed by atoms with E-state index in [0.29, 0.717) is 6.54 Å². The van der Waals surface area contributed by atoms with Crippen molar-refractivity contribution in [3.8, 4) is 0 Å². The zero-order valence-corrected chi connectivity index (χ0v) is 11.2. The van der Waals surface area contributed by atoms with E-state index in [2.05, 4.69) is 16.7 Å². The molecule has 0 atom stereocenters. The molecular weight excluding hydrogens is 228 g/mol. The van der Waals surface area contributed by atoms with Crippen molar-refractivity contribution in [2.75, 3.05) is 0 Å². The normalized spacial score (nSPS) is 14.2. The van der Waals surface area contributed by atoms with Gasteiger partial charge in [-0.05, 0) is 37.5 Å². The smallest absolute Gasteiger partial charge is 0.407 e. The van der Waals surface area contributed by atoms with E-state index in [4.69, 9.17) is 4.74 Å². The van der Waals surface area contributed by atoms with E-state index in [1.807, 2.05) is 32.9 Å². The highest BCUT2D eigenvalue weighted by molar-refractivity contribution is 5.67. The zero-order chi connectivity index (χ0) is 13.2. The van der Waals surface area contributed by atoms with Gasteiger partial charge in [-0.15, -0.1) is 0 Å². The number of benzene rings is 1. The summed E-state index contributed by atoms with van der Waals surface area (Å²) in [5.41, 5.74) is 3.32. The van der Waals surface area contributed by atoms with Gasteiger partial charge in [-0.3, -0.25) is 0 Å². The Morgan fingerprint density at radius 2 is 2.17 bits per heavy atom. The third-order valence-electron chi connectivity index (χ3n) is 2.81. The average Bonchev–Trinajstić information content (AvgIpc) is 2.72. The molecule has 1 aliphatic heterocycles. The third kappa shape index (κ3) is 3.23. The zero-order valence-electron chi connectivity index (χ0n) is 11.2. The number of hydrogen-bond acceptors (Lipinski definition) is 3. The summed E-state index contributed by atoms with van der Waals surface area (Å²) in [4.78, 5) is 11.6. The molecule has 0 aliphatic carbocycles. The van der Waals surface area contributed by atoms with Crippen molar-refractivity contribution in [3.05, 3.63) is 34.9 Å². The van der Waals surface area contributed by atoms with Crippen LogP contribution in [0.3, 0.4) is 0 Å². The van der Waals surface area contributed by atoms with Crippen LogP contribution in [0, 0.1) is 0 Å². The van der Waals surface area contributed by atoms with Crippen molar-refractivity contribution >= 4 is 6.09 Å². The van der Waals surface area contributed by atoms with Gasteiger partial charge in [-0.1, -0.05) is 18.2 Å². The van der Waals surface area contributed by atoms with Crippen molar-refractivity contribution in [1.82, 2.24) is 10.6 Å². The van der Waals surface area contributed by atoms with E-state index in [9.17, 15) is 4.79 Å². The minimum atomic E-state index is -0.454. The highest BCUT2D eigenvalue weighted by Gasteiger charge is 2.17. The predicted molar refractivity (Wildman–Crippen MR) is 70.1 cm³/mol. The lowest BCUT2D eigenvalue weighted by Crippen LogP contribution is -2.32. The van der Waals surface area contributed by atoms with Gasteiger partial charge in [-0.2, -0.15) is 0 Å². The molecule has 0 bridgehead atoms. The summed E-state index contributed by atoms with van der Waals surface area (Å²) >= 11 is 0. The van der Waals surface area contributed by atoms with Gasteiger partial charge in [0.2, 0.25) is 0 Å². The van der Waals surface area contributed by atoms with Gasteiger partial charge in [0, 0.05) is 19.6 Å². The number of rotatable bonds is 2. The summed E-state index contributed by atoms with van der Waals surface area (Å²) in [6.45, 7) is 7.88. The SMILES string of the molecule is CC(C)(C)OC(=O)NCc1cccc2c1CNC2. The Kier molecular flexibility index (Phi) is 3.57. The average molecular weight is 248 g/mol. The molecule has 1 heterocycles. The van der Waals surface area contributed by atoms with Crippen LogP contribution in [-0.4, -0.2) is 11.7 Å². The van der Waals surface area contributed by atoms with Crippen LogP contribution in [0.5, 0.6) is 0 Å². The molecule has 4 heteroatoms. The molecule has 18 heavy (non-hydrogen) atoms. The molecule has 1 aromatic rings. The van der Waals surface area contributed by atoms with Crippen molar-refractivity contribution in [2.24, 2.45) is 0 Å². The Balaban J connectivity index is 1.95. The van der Waals surface area contributed by atoms with Gasteiger partial charge < -0.3 is 15.4 Å². The fourth-order valence-electron chi connectivity index (χ4n) is 2.05. The van der Waals surface area contributed by atoms with Crippen molar-refractivity contribution in [2.45, 2.75) is 46.0 Å². The lowest BCUT2D eigenvalue weighted by Gasteiger charge is -2.20. The third-order valence-corrected chi connectivity index (χ3v) is 2.81. The van der Waals surface area contributed by atoms with E-state index in [1.54, 1.807) is 0 Å². The Labute approximate surface area is 108 Å². The summed E-state index contributed by atoms with van der Waals surface area (Å²) in [5, 5.41) is 6.11. The van der Waals surface area contributed by atoms with Crippen LogP contribution in [-0.2, 0) is 24.4 Å². The minimum Gasteiger partial charge on any atom is -0.444 e. The Hall–Kier alpha value is -1.55. The molecule has 0 fully saturated rings. The first-order valence-corrected chi connectivity index (χ1v) is 6.23. The number of hydrogen-bond donors (Lipinski definition) is 2. The second kappa shape index (κ2) is 4.98. The fraction of sp³-hybridized carbons (Fsp3) is 0.500. The second-order valence-corrected chi connectivity index (χ2v) is 5.51. The molecule has 1 aromatic carbocycles. The highest BCUT2D eigenvalue weighted by Crippen LogP contribution is 2.19. The van der Waals surface area contributed by atoms with Gasteiger partial charge in [-0.25, -0.2) is 4.79 Å². The maximum atomic E-state index is 11.6. The summed E-state index contributed by atoms with van der Waals surface area (Å²) in [6, 6.07) is 6.19. The molecule has 0 saturated heterocycles. The molecule has 0 unspecified atom stereocenters. The van der Waals surface area contributed by atoms with Crippen molar-refractivity contribution in [3.63, 3.8) is 0 Å². The van der Waals surface area contributed by atoms with E-state index in [1.165, 1.54) is 11.1 Å². The van der Waals surface area contributed by atoms with Crippen LogP contribution in [0.2, 0.25) is 0 Å². The number of amides is 1. The summed E-state index contributed by atoms with van der Waals surface area (Å²) in [5.74, 6) is 0. The first-order valence-electron chi connectivity index (χ1n) is 6.23. The molecule has 1 amide bonds. The topological polar surface area (TPSA) is 50.4 Å². The maximum absolute atomic E-state index is 11.6. The van der Waals surface area contributed by atoms with Crippen LogP contribution < -0.4 is 10.6 Å². The first kappa shape index (κ1) is 12.9. The molecule has 0 spiro atoms. The molecule has 4 nitrogen and oxygen atoms in total. The molecule has 2 N–H and O–H groups in total. The molecule has 0 aromatic heterocycles. The number of nitrogens with one attached hydrogen (secondary N) is 2. The highest BCUT2D eigenvalue weighted by atomic mass is 16.6. The first-order chi connectivity index (χ1) is 8.46. The minimum absolute atomic E-state index is 0.369. The number of ether oxygens (including phenoxy) is 1. The summed E-state index contributed by atoms with van der Waals surface area (Å²) in [7, 11) is 0. The predicted octanol–water partition coefficient (Wildman–Crippen LogP) is 2.31. The Morgan fingerprint density at radius 1 is 1.39 bits per heavy atom. The molecule has 1 aliphatic rings. The summed E-state index contributed by atoms with van der Waals surface area (Å²) in [6.07, 6.45) is -0.369.